The lowest BCUT2D eigenvalue weighted by Crippen LogP contribution is -2.48. The van der Waals surface area contributed by atoms with E-state index in [1.165, 1.54) is 5.56 Å². The number of carbonyl (C=O) groups excluding carboxylic acids is 1. The van der Waals surface area contributed by atoms with Crippen molar-refractivity contribution in [3.8, 4) is 0 Å². The van der Waals surface area contributed by atoms with Gasteiger partial charge in [0.2, 0.25) is 10.0 Å². The molecule has 190 valence electrons. The minimum Gasteiger partial charge on any atom is -0.379 e. The van der Waals surface area contributed by atoms with Crippen molar-refractivity contribution < 1.29 is 17.9 Å². The van der Waals surface area contributed by atoms with Gasteiger partial charge in [0.15, 0.2) is 0 Å². The Balaban J connectivity index is 1.25. The van der Waals surface area contributed by atoms with Crippen molar-refractivity contribution in [3.63, 3.8) is 0 Å². The maximum atomic E-state index is 12.8. The van der Waals surface area contributed by atoms with Crippen LogP contribution in [0.4, 0.5) is 0 Å². The maximum absolute atomic E-state index is 12.8. The van der Waals surface area contributed by atoms with Gasteiger partial charge in [0.1, 0.15) is 0 Å². The Morgan fingerprint density at radius 1 is 0.857 bits per heavy atom. The molecule has 2 saturated heterocycles. The molecule has 0 bridgehead atoms. The summed E-state index contributed by atoms with van der Waals surface area (Å²) in [5.41, 5.74) is 4.03. The number of hydrogen-bond acceptors (Lipinski definition) is 6. The molecule has 2 aliphatic rings. The Kier molecular flexibility index (Phi) is 8.91. The summed E-state index contributed by atoms with van der Waals surface area (Å²) < 4.78 is 31.1. The first-order valence-corrected chi connectivity index (χ1v) is 14.0. The molecule has 2 aromatic rings. The molecule has 2 fully saturated rings. The zero-order chi connectivity index (χ0) is 24.7. The van der Waals surface area contributed by atoms with Gasteiger partial charge in [0.25, 0.3) is 5.91 Å². The summed E-state index contributed by atoms with van der Waals surface area (Å²) in [6, 6.07) is 16.1. The van der Waals surface area contributed by atoms with Gasteiger partial charge in [-0.3, -0.25) is 14.6 Å². The van der Waals surface area contributed by atoms with Gasteiger partial charge >= 0.3 is 0 Å². The van der Waals surface area contributed by atoms with Gasteiger partial charge in [0.05, 0.1) is 19.0 Å². The van der Waals surface area contributed by atoms with Crippen LogP contribution in [0.15, 0.2) is 48.5 Å². The summed E-state index contributed by atoms with van der Waals surface area (Å²) in [6.45, 7) is 9.72. The van der Waals surface area contributed by atoms with Crippen molar-refractivity contribution in [3.05, 3.63) is 70.8 Å². The van der Waals surface area contributed by atoms with Crippen molar-refractivity contribution in [2.45, 2.75) is 26.6 Å². The first kappa shape index (κ1) is 25.8. The highest BCUT2D eigenvalue weighted by Crippen LogP contribution is 2.14. The van der Waals surface area contributed by atoms with E-state index in [1.807, 2.05) is 24.3 Å². The summed E-state index contributed by atoms with van der Waals surface area (Å²) >= 11 is 0. The summed E-state index contributed by atoms with van der Waals surface area (Å²) in [7, 11) is -3.13. The second-order valence-corrected chi connectivity index (χ2v) is 11.4. The summed E-state index contributed by atoms with van der Waals surface area (Å²) in [6.07, 6.45) is 0. The zero-order valence-corrected chi connectivity index (χ0v) is 21.3. The molecular weight excluding hydrogens is 464 g/mol. The summed E-state index contributed by atoms with van der Waals surface area (Å²) in [4.78, 5) is 17.4. The summed E-state index contributed by atoms with van der Waals surface area (Å²) in [5, 5.41) is 3.02. The van der Waals surface area contributed by atoms with E-state index in [0.29, 0.717) is 44.8 Å². The molecule has 4 rings (SSSR count). The van der Waals surface area contributed by atoms with Crippen LogP contribution in [-0.2, 0) is 34.4 Å². The van der Waals surface area contributed by atoms with Crippen LogP contribution < -0.4 is 5.32 Å². The maximum Gasteiger partial charge on any atom is 0.251 e. The largest absolute Gasteiger partial charge is 0.379 e. The number of rotatable bonds is 9. The van der Waals surface area contributed by atoms with E-state index in [2.05, 4.69) is 39.4 Å². The number of benzene rings is 2. The van der Waals surface area contributed by atoms with Gasteiger partial charge in [0, 0.05) is 64.5 Å². The van der Waals surface area contributed by atoms with Crippen LogP contribution in [0.25, 0.3) is 0 Å². The normalized spacial score (nSPS) is 18.4. The molecule has 35 heavy (non-hydrogen) atoms. The first-order valence-electron chi connectivity index (χ1n) is 12.4. The van der Waals surface area contributed by atoms with Crippen molar-refractivity contribution in [2.75, 3.05) is 58.2 Å². The highest BCUT2D eigenvalue weighted by Gasteiger charge is 2.25. The highest BCUT2D eigenvalue weighted by atomic mass is 32.2. The molecule has 2 aliphatic heterocycles. The fraction of sp³-hybridized carbons (Fsp3) is 0.500. The van der Waals surface area contributed by atoms with E-state index < -0.39 is 10.0 Å². The monoisotopic (exact) mass is 500 g/mol. The number of hydrogen-bond donors (Lipinski definition) is 1. The Morgan fingerprint density at radius 3 is 2.17 bits per heavy atom. The molecule has 0 radical (unpaired) electrons. The molecular formula is C26H36N4O4S. The Labute approximate surface area is 208 Å². The van der Waals surface area contributed by atoms with Crippen LogP contribution in [-0.4, -0.2) is 86.7 Å². The van der Waals surface area contributed by atoms with Gasteiger partial charge in [-0.15, -0.1) is 0 Å². The van der Waals surface area contributed by atoms with Crippen LogP contribution in [0.3, 0.4) is 0 Å². The molecule has 0 aromatic heterocycles. The minimum absolute atomic E-state index is 0.0944. The second kappa shape index (κ2) is 12.1. The first-order chi connectivity index (χ1) is 16.9. The van der Waals surface area contributed by atoms with Crippen molar-refractivity contribution in [2.24, 2.45) is 0 Å². The SMILES string of the molecule is CCS(=O)(=O)N1CCN(Cc2cccc(C(=O)NCc3ccc(CN4CCOCC4)cc3)c2)CC1. The van der Waals surface area contributed by atoms with Gasteiger partial charge < -0.3 is 10.1 Å². The number of nitrogens with one attached hydrogen (secondary N) is 1. The molecule has 2 aromatic carbocycles. The van der Waals surface area contributed by atoms with E-state index in [4.69, 9.17) is 4.74 Å². The number of piperazine rings is 1. The lowest BCUT2D eigenvalue weighted by atomic mass is 10.1. The lowest BCUT2D eigenvalue weighted by molar-refractivity contribution is 0.0342. The number of morpholine rings is 1. The molecule has 8 nitrogen and oxygen atoms in total. The predicted molar refractivity (Wildman–Crippen MR) is 136 cm³/mol. The van der Waals surface area contributed by atoms with Crippen LogP contribution in [0, 0.1) is 0 Å². The van der Waals surface area contributed by atoms with Crippen LogP contribution in [0.5, 0.6) is 0 Å². The Morgan fingerprint density at radius 2 is 1.49 bits per heavy atom. The average Bonchev–Trinajstić information content (AvgIpc) is 2.89. The summed E-state index contributed by atoms with van der Waals surface area (Å²) in [5.74, 6) is 0.0473. The topological polar surface area (TPSA) is 82.2 Å². The van der Waals surface area contributed by atoms with Gasteiger partial charge in [-0.25, -0.2) is 8.42 Å². The zero-order valence-electron chi connectivity index (χ0n) is 20.5. The van der Waals surface area contributed by atoms with Gasteiger partial charge in [-0.05, 0) is 35.7 Å². The fourth-order valence-corrected chi connectivity index (χ4v) is 5.57. The third-order valence-electron chi connectivity index (χ3n) is 6.67. The standard InChI is InChI=1S/C26H36N4O4S/c1-2-35(32,33)30-12-10-28(11-13-30)21-24-4-3-5-25(18-24)26(31)27-19-22-6-8-23(9-7-22)20-29-14-16-34-17-15-29/h3-9,18H,2,10-17,19-21H2,1H3,(H,27,31). The number of sulfonamides is 1. The third-order valence-corrected chi connectivity index (χ3v) is 8.55. The highest BCUT2D eigenvalue weighted by molar-refractivity contribution is 7.89. The van der Waals surface area contributed by atoms with Crippen LogP contribution in [0.2, 0.25) is 0 Å². The molecule has 1 N–H and O–H groups in total. The van der Waals surface area contributed by atoms with Crippen molar-refractivity contribution in [1.29, 1.82) is 0 Å². The average molecular weight is 501 g/mol. The number of carbonyl (C=O) groups is 1. The van der Waals surface area contributed by atoms with E-state index >= 15 is 0 Å². The molecule has 0 spiro atoms. The van der Waals surface area contributed by atoms with Gasteiger partial charge in [-0.1, -0.05) is 36.4 Å². The van der Waals surface area contributed by atoms with E-state index in [0.717, 1.165) is 44.0 Å². The fourth-order valence-electron chi connectivity index (χ4n) is 4.48. The Hall–Kier alpha value is -2.30. The lowest BCUT2D eigenvalue weighted by Gasteiger charge is -2.33. The van der Waals surface area contributed by atoms with E-state index in [-0.39, 0.29) is 11.7 Å². The number of amides is 1. The molecule has 0 atom stereocenters. The number of nitrogens with zero attached hydrogens (tertiary/aromatic N) is 3. The van der Waals surface area contributed by atoms with E-state index in [1.54, 1.807) is 11.2 Å². The quantitative estimate of drug-likeness (QED) is 0.567. The molecule has 0 aliphatic carbocycles. The molecule has 0 saturated carbocycles. The smallest absolute Gasteiger partial charge is 0.251 e. The predicted octanol–water partition coefficient (Wildman–Crippen LogP) is 1.92. The molecule has 0 unspecified atom stereocenters. The van der Waals surface area contributed by atoms with Crippen molar-refractivity contribution >= 4 is 15.9 Å². The molecule has 2 heterocycles. The molecule has 1 amide bonds. The van der Waals surface area contributed by atoms with Crippen LogP contribution in [0.1, 0.15) is 34.0 Å². The third kappa shape index (κ3) is 7.35. The van der Waals surface area contributed by atoms with Crippen molar-refractivity contribution in [1.82, 2.24) is 19.4 Å². The number of ether oxygens (including phenoxy) is 1. The van der Waals surface area contributed by atoms with Gasteiger partial charge in [-0.2, -0.15) is 4.31 Å². The van der Waals surface area contributed by atoms with E-state index in [9.17, 15) is 13.2 Å². The van der Waals surface area contributed by atoms with Crippen LogP contribution >= 0.6 is 0 Å². The second-order valence-electron chi connectivity index (χ2n) is 9.16. The minimum atomic E-state index is -3.13. The Bertz CT molecular complexity index is 1080. The molecule has 9 heteroatoms.